The average Bonchev–Trinajstić information content (AvgIpc) is 3.15. The lowest BCUT2D eigenvalue weighted by atomic mass is 9.65. The highest BCUT2D eigenvalue weighted by atomic mass is 16.3. The smallest absolute Gasteiger partial charge is 0.295 e. The largest absolute Gasteiger partial charge is 0.493 e. The van der Waals surface area contributed by atoms with Gasteiger partial charge in [0.25, 0.3) is 5.91 Å². The Hall–Kier alpha value is -2.99. The van der Waals surface area contributed by atoms with Crippen molar-refractivity contribution in [2.24, 2.45) is 21.1 Å². The number of hydrogen-bond acceptors (Lipinski definition) is 4. The van der Waals surface area contributed by atoms with Crippen LogP contribution in [-0.4, -0.2) is 33.1 Å². The van der Waals surface area contributed by atoms with Crippen LogP contribution in [0.2, 0.25) is 0 Å². The molecule has 1 saturated heterocycles. The van der Waals surface area contributed by atoms with E-state index in [1.54, 1.807) is 24.3 Å². The number of rotatable bonds is 4. The summed E-state index contributed by atoms with van der Waals surface area (Å²) in [5.74, 6) is -0.369. The van der Waals surface area contributed by atoms with Crippen molar-refractivity contribution < 1.29 is 9.90 Å². The van der Waals surface area contributed by atoms with Crippen LogP contribution in [0.4, 0.5) is 5.69 Å². The van der Waals surface area contributed by atoms with E-state index in [0.717, 1.165) is 17.4 Å². The topological polar surface area (TPSA) is 70.2 Å². The molecule has 1 saturated carbocycles. The fraction of sp³-hybridized carbons (Fsp3) is 0.423. The van der Waals surface area contributed by atoms with Gasteiger partial charge >= 0.3 is 0 Å². The number of hydrogen-bond donors (Lipinski definition) is 1. The number of benzene rings is 2. The molecular formula is C26H30N4O2. The molecule has 2 aromatic carbocycles. The molecule has 2 atom stereocenters. The molecule has 1 N–H and O–H groups in total. The second kappa shape index (κ2) is 7.55. The lowest BCUT2D eigenvalue weighted by Crippen LogP contribution is -2.35. The van der Waals surface area contributed by atoms with Crippen LogP contribution in [0.1, 0.15) is 50.4 Å². The monoisotopic (exact) mass is 430 g/mol. The molecule has 166 valence electrons. The molecule has 2 aliphatic rings. The van der Waals surface area contributed by atoms with Crippen molar-refractivity contribution >= 4 is 22.5 Å². The van der Waals surface area contributed by atoms with Crippen LogP contribution < -0.4 is 0 Å². The Labute approximate surface area is 188 Å². The molecule has 0 unspecified atom stereocenters. The first-order valence-corrected chi connectivity index (χ1v) is 11.3. The Bertz CT molecular complexity index is 1200. The number of likely N-dealkylation sites (tertiary alicyclic amines) is 1. The van der Waals surface area contributed by atoms with Gasteiger partial charge in [0.1, 0.15) is 0 Å². The molecule has 6 nitrogen and oxygen atoms in total. The summed E-state index contributed by atoms with van der Waals surface area (Å²) in [7, 11) is 0. The predicted molar refractivity (Wildman–Crippen MR) is 125 cm³/mol. The Morgan fingerprint density at radius 3 is 2.56 bits per heavy atom. The van der Waals surface area contributed by atoms with Crippen molar-refractivity contribution in [2.75, 3.05) is 6.54 Å². The van der Waals surface area contributed by atoms with Crippen molar-refractivity contribution in [2.45, 2.75) is 52.7 Å². The lowest BCUT2D eigenvalue weighted by molar-refractivity contribution is 0.0995. The van der Waals surface area contributed by atoms with E-state index in [-0.39, 0.29) is 5.88 Å². The highest BCUT2D eigenvalue weighted by Gasteiger charge is 2.49. The molecule has 6 heteroatoms. The van der Waals surface area contributed by atoms with Gasteiger partial charge in [0.2, 0.25) is 5.88 Å². The Balaban J connectivity index is 1.47. The zero-order valence-electron chi connectivity index (χ0n) is 19.0. The number of aromatic nitrogens is 1. The zero-order valence-corrected chi connectivity index (χ0v) is 19.0. The van der Waals surface area contributed by atoms with E-state index >= 15 is 0 Å². The van der Waals surface area contributed by atoms with E-state index in [0.29, 0.717) is 34.8 Å². The number of fused-ring (bicyclic) bond motifs is 3. The van der Waals surface area contributed by atoms with Crippen LogP contribution in [0.5, 0.6) is 5.88 Å². The normalized spacial score (nSPS) is 25.0. The lowest BCUT2D eigenvalue weighted by Gasteiger charge is -2.40. The third-order valence-corrected chi connectivity index (χ3v) is 7.03. The molecule has 2 bridgehead atoms. The molecule has 1 amide bonds. The van der Waals surface area contributed by atoms with Gasteiger partial charge in [-0.1, -0.05) is 57.2 Å². The van der Waals surface area contributed by atoms with E-state index in [9.17, 15) is 9.90 Å². The number of nitrogens with zero attached hydrogens (tertiary/aromatic N) is 4. The number of para-hydroxylation sites is 1. The molecular weight excluding hydrogens is 400 g/mol. The van der Waals surface area contributed by atoms with E-state index in [2.05, 4.69) is 35.9 Å². The quantitative estimate of drug-likeness (QED) is 0.506. The van der Waals surface area contributed by atoms with Gasteiger partial charge in [-0.05, 0) is 48.3 Å². The zero-order chi connectivity index (χ0) is 22.5. The molecule has 2 heterocycles. The summed E-state index contributed by atoms with van der Waals surface area (Å²) in [5.41, 5.74) is 2.37. The molecule has 1 aromatic heterocycles. The van der Waals surface area contributed by atoms with Crippen molar-refractivity contribution in [3.8, 4) is 5.88 Å². The van der Waals surface area contributed by atoms with Gasteiger partial charge in [-0.2, -0.15) is 0 Å². The maximum Gasteiger partial charge on any atom is 0.295 e. The fourth-order valence-electron chi connectivity index (χ4n) is 6.17. The Kier molecular flexibility index (Phi) is 4.93. The van der Waals surface area contributed by atoms with Crippen LogP contribution in [0.15, 0.2) is 64.8 Å². The standard InChI is InChI=1S/C26H30N4O2/c1-25(2)13-19-14-26(3,15-25)16-29(19)17-30-21-12-8-7-11-20(21)22(24(30)32)27-28-23(31)18-9-5-4-6-10-18/h4-12,19,32H,13-17H2,1-3H3/t19-,26+/m1/s1. The summed E-state index contributed by atoms with van der Waals surface area (Å²) in [6.07, 6.45) is 3.60. The summed E-state index contributed by atoms with van der Waals surface area (Å²) in [4.78, 5) is 14.9. The third kappa shape index (κ3) is 3.73. The summed E-state index contributed by atoms with van der Waals surface area (Å²) in [6, 6.07) is 17.1. The molecule has 32 heavy (non-hydrogen) atoms. The molecule has 2 fully saturated rings. The van der Waals surface area contributed by atoms with Gasteiger partial charge in [0, 0.05) is 23.5 Å². The number of aromatic hydroxyl groups is 1. The first-order valence-electron chi connectivity index (χ1n) is 11.3. The maximum absolute atomic E-state index is 12.4. The van der Waals surface area contributed by atoms with E-state index in [1.165, 1.54) is 19.3 Å². The summed E-state index contributed by atoms with van der Waals surface area (Å²) in [5, 5.41) is 20.0. The van der Waals surface area contributed by atoms with E-state index < -0.39 is 5.91 Å². The minimum atomic E-state index is -0.426. The summed E-state index contributed by atoms with van der Waals surface area (Å²) >= 11 is 0. The van der Waals surface area contributed by atoms with E-state index in [4.69, 9.17) is 0 Å². The minimum Gasteiger partial charge on any atom is -0.493 e. The number of amides is 1. The van der Waals surface area contributed by atoms with Gasteiger partial charge in [-0.3, -0.25) is 14.3 Å². The first-order chi connectivity index (χ1) is 15.2. The average molecular weight is 431 g/mol. The van der Waals surface area contributed by atoms with Crippen LogP contribution in [0, 0.1) is 10.8 Å². The molecule has 1 aliphatic heterocycles. The maximum atomic E-state index is 12.4. The number of carbonyl (C=O) groups excluding carboxylic acids is 1. The Morgan fingerprint density at radius 2 is 1.78 bits per heavy atom. The highest BCUT2D eigenvalue weighted by Crippen LogP contribution is 2.53. The fourth-order valence-corrected chi connectivity index (χ4v) is 6.17. The summed E-state index contributed by atoms with van der Waals surface area (Å²) < 4.78 is 1.91. The van der Waals surface area contributed by atoms with Crippen LogP contribution in [0.25, 0.3) is 10.9 Å². The molecule has 1 aliphatic carbocycles. The van der Waals surface area contributed by atoms with Crippen molar-refractivity contribution in [3.63, 3.8) is 0 Å². The van der Waals surface area contributed by atoms with Crippen LogP contribution in [0.3, 0.4) is 0 Å². The second-order valence-corrected chi connectivity index (χ2v) is 10.6. The molecule has 0 radical (unpaired) electrons. The first kappa shape index (κ1) is 20.9. The Morgan fingerprint density at radius 1 is 1.06 bits per heavy atom. The van der Waals surface area contributed by atoms with Crippen LogP contribution in [-0.2, 0) is 6.67 Å². The number of azo groups is 1. The predicted octanol–water partition coefficient (Wildman–Crippen LogP) is 6.13. The number of carbonyl (C=O) groups is 1. The van der Waals surface area contributed by atoms with E-state index in [1.807, 2.05) is 34.9 Å². The summed E-state index contributed by atoms with van der Waals surface area (Å²) in [6.45, 7) is 8.75. The molecule has 3 aromatic rings. The SMILES string of the molecule is CC1(C)C[C@@H]2C[C@](C)(CN2Cn2c(O)c(N=NC(=O)c3ccccc3)c3ccccc32)C1. The van der Waals surface area contributed by atoms with Gasteiger partial charge in [0.15, 0.2) is 5.69 Å². The van der Waals surface area contributed by atoms with Crippen molar-refractivity contribution in [3.05, 3.63) is 60.2 Å². The van der Waals surface area contributed by atoms with Crippen molar-refractivity contribution in [1.29, 1.82) is 0 Å². The van der Waals surface area contributed by atoms with Gasteiger partial charge in [-0.25, -0.2) is 0 Å². The van der Waals surface area contributed by atoms with Crippen LogP contribution >= 0.6 is 0 Å². The molecule has 5 rings (SSSR count). The third-order valence-electron chi connectivity index (χ3n) is 7.03. The van der Waals surface area contributed by atoms with Gasteiger partial charge < -0.3 is 5.11 Å². The molecule has 0 spiro atoms. The second-order valence-electron chi connectivity index (χ2n) is 10.6. The van der Waals surface area contributed by atoms with Gasteiger partial charge in [-0.15, -0.1) is 10.2 Å². The van der Waals surface area contributed by atoms with Crippen molar-refractivity contribution in [1.82, 2.24) is 9.47 Å². The minimum absolute atomic E-state index is 0.0571. The van der Waals surface area contributed by atoms with Gasteiger partial charge in [0.05, 0.1) is 12.2 Å². The highest BCUT2D eigenvalue weighted by molar-refractivity contribution is 5.97.